The quantitative estimate of drug-likeness (QED) is 0.690. The predicted octanol–water partition coefficient (Wildman–Crippen LogP) is 3.80. The molecule has 2 aromatic rings. The van der Waals surface area contributed by atoms with Crippen molar-refractivity contribution in [1.82, 2.24) is 19.4 Å². The smallest absolute Gasteiger partial charge is 0.410 e. The molecule has 1 saturated heterocycles. The number of fused-ring (bicyclic) bond motifs is 1. The number of hydrogen-bond acceptors (Lipinski definition) is 6. The lowest BCUT2D eigenvalue weighted by molar-refractivity contribution is 0.0124. The van der Waals surface area contributed by atoms with Crippen LogP contribution in [-0.4, -0.2) is 62.6 Å². The standard InChI is InChI=1S/C23H34N4O4S/c1-14(2)27(22(30)31-23(4,5)6)12-16-9-8-10-26(11-16)21(29)18-15(3)17-19(32-18)24-13-25(7)20(17)28/h13-14,16H,8-12H2,1-7H3. The first-order valence-electron chi connectivity index (χ1n) is 11.1. The molecule has 2 amide bonds. The van der Waals surface area contributed by atoms with Gasteiger partial charge in [-0.25, -0.2) is 9.78 Å². The molecule has 0 N–H and O–H groups in total. The highest BCUT2D eigenvalue weighted by molar-refractivity contribution is 7.20. The van der Waals surface area contributed by atoms with E-state index in [-0.39, 0.29) is 29.5 Å². The molecule has 32 heavy (non-hydrogen) atoms. The van der Waals surface area contributed by atoms with Gasteiger partial charge in [-0.3, -0.25) is 9.59 Å². The summed E-state index contributed by atoms with van der Waals surface area (Å²) in [5, 5.41) is 0.521. The molecule has 0 radical (unpaired) electrons. The van der Waals surface area contributed by atoms with Crippen LogP contribution in [0.5, 0.6) is 0 Å². The van der Waals surface area contributed by atoms with Crippen LogP contribution in [0, 0.1) is 12.8 Å². The molecular weight excluding hydrogens is 428 g/mol. The van der Waals surface area contributed by atoms with Crippen molar-refractivity contribution in [2.75, 3.05) is 19.6 Å². The van der Waals surface area contributed by atoms with Gasteiger partial charge in [0.15, 0.2) is 0 Å². The molecule has 1 aliphatic rings. The molecule has 0 aliphatic carbocycles. The second kappa shape index (κ2) is 9.21. The molecule has 3 heterocycles. The fraction of sp³-hybridized carbons (Fsp3) is 0.652. The Hall–Kier alpha value is -2.42. The number of ether oxygens (including phenoxy) is 1. The van der Waals surface area contributed by atoms with Crippen molar-refractivity contribution < 1.29 is 14.3 Å². The summed E-state index contributed by atoms with van der Waals surface area (Å²) in [7, 11) is 1.66. The van der Waals surface area contributed by atoms with Crippen LogP contribution in [0.25, 0.3) is 10.2 Å². The Morgan fingerprint density at radius 1 is 1.34 bits per heavy atom. The number of carbonyl (C=O) groups excluding carboxylic acids is 2. The van der Waals surface area contributed by atoms with Crippen LogP contribution in [0.4, 0.5) is 4.79 Å². The van der Waals surface area contributed by atoms with E-state index >= 15 is 0 Å². The van der Waals surface area contributed by atoms with Gasteiger partial charge >= 0.3 is 6.09 Å². The van der Waals surface area contributed by atoms with Gasteiger partial charge in [-0.1, -0.05) is 0 Å². The number of carbonyl (C=O) groups is 2. The molecular formula is C23H34N4O4S. The lowest BCUT2D eigenvalue weighted by Gasteiger charge is -2.37. The SMILES string of the molecule is Cc1c(C(=O)N2CCCC(CN(C(=O)OC(C)(C)C)C(C)C)C2)sc2ncn(C)c(=O)c12. The number of piperidine rings is 1. The minimum Gasteiger partial charge on any atom is -0.444 e. The maximum absolute atomic E-state index is 13.4. The van der Waals surface area contributed by atoms with Gasteiger partial charge in [-0.05, 0) is 65.9 Å². The van der Waals surface area contributed by atoms with Crippen molar-refractivity contribution in [2.24, 2.45) is 13.0 Å². The number of hydrogen-bond donors (Lipinski definition) is 0. The molecule has 176 valence electrons. The third kappa shape index (κ3) is 5.14. The Bertz CT molecular complexity index is 1070. The number of aromatic nitrogens is 2. The lowest BCUT2D eigenvalue weighted by atomic mass is 9.96. The van der Waals surface area contributed by atoms with E-state index < -0.39 is 5.60 Å². The fourth-order valence-electron chi connectivity index (χ4n) is 4.05. The maximum atomic E-state index is 13.4. The van der Waals surface area contributed by atoms with Crippen LogP contribution in [0.3, 0.4) is 0 Å². The first-order chi connectivity index (χ1) is 14.9. The first kappa shape index (κ1) is 24.2. The average molecular weight is 463 g/mol. The topological polar surface area (TPSA) is 84.7 Å². The summed E-state index contributed by atoms with van der Waals surface area (Å²) in [6.45, 7) is 13.1. The van der Waals surface area contributed by atoms with Gasteiger partial charge in [0.05, 0.1) is 16.6 Å². The highest BCUT2D eigenvalue weighted by atomic mass is 32.1. The average Bonchev–Trinajstić information content (AvgIpc) is 3.04. The Kier molecular flexibility index (Phi) is 6.97. The summed E-state index contributed by atoms with van der Waals surface area (Å²) in [5.74, 6) is 0.105. The van der Waals surface area contributed by atoms with Gasteiger partial charge < -0.3 is 19.1 Å². The predicted molar refractivity (Wildman–Crippen MR) is 126 cm³/mol. The van der Waals surface area contributed by atoms with Gasteiger partial charge in [0.2, 0.25) is 0 Å². The van der Waals surface area contributed by atoms with Crippen LogP contribution in [0.1, 0.15) is 62.7 Å². The van der Waals surface area contributed by atoms with E-state index in [0.29, 0.717) is 40.3 Å². The van der Waals surface area contributed by atoms with E-state index in [4.69, 9.17) is 4.74 Å². The summed E-state index contributed by atoms with van der Waals surface area (Å²) in [6, 6.07) is 0.00283. The van der Waals surface area contributed by atoms with Gasteiger partial charge in [0.1, 0.15) is 10.4 Å². The second-order valence-electron chi connectivity index (χ2n) is 9.88. The molecule has 0 saturated carbocycles. The molecule has 3 rings (SSSR count). The maximum Gasteiger partial charge on any atom is 0.410 e. The number of nitrogens with zero attached hydrogens (tertiary/aromatic N) is 4. The zero-order valence-corrected chi connectivity index (χ0v) is 20.9. The number of thiophene rings is 1. The molecule has 9 heteroatoms. The number of rotatable bonds is 4. The monoisotopic (exact) mass is 462 g/mol. The summed E-state index contributed by atoms with van der Waals surface area (Å²) in [4.78, 5) is 47.7. The van der Waals surface area contributed by atoms with Crippen molar-refractivity contribution >= 4 is 33.6 Å². The molecule has 1 unspecified atom stereocenters. The van der Waals surface area contributed by atoms with Crippen molar-refractivity contribution in [3.05, 3.63) is 27.1 Å². The highest BCUT2D eigenvalue weighted by Crippen LogP contribution is 2.30. The van der Waals surface area contributed by atoms with Crippen molar-refractivity contribution in [3.63, 3.8) is 0 Å². The summed E-state index contributed by atoms with van der Waals surface area (Å²) in [6.07, 6.45) is 2.99. The minimum atomic E-state index is -0.553. The Balaban J connectivity index is 1.77. The highest BCUT2D eigenvalue weighted by Gasteiger charge is 2.32. The van der Waals surface area contributed by atoms with Gasteiger partial charge in [-0.2, -0.15) is 0 Å². The Labute approximate surface area is 193 Å². The van der Waals surface area contributed by atoms with Crippen LogP contribution < -0.4 is 5.56 Å². The number of amides is 2. The minimum absolute atomic E-state index is 0.00283. The molecule has 8 nitrogen and oxygen atoms in total. The molecule has 1 aliphatic heterocycles. The third-order valence-electron chi connectivity index (χ3n) is 5.72. The molecule has 2 aromatic heterocycles. The normalized spacial score (nSPS) is 17.1. The molecule has 1 atom stereocenters. The molecule has 1 fully saturated rings. The van der Waals surface area contributed by atoms with Crippen molar-refractivity contribution in [1.29, 1.82) is 0 Å². The lowest BCUT2D eigenvalue weighted by Crippen LogP contribution is -2.48. The Morgan fingerprint density at radius 2 is 2.03 bits per heavy atom. The number of likely N-dealkylation sites (tertiary alicyclic amines) is 1. The van der Waals surface area contributed by atoms with E-state index in [2.05, 4.69) is 4.98 Å². The molecule has 0 aromatic carbocycles. The van der Waals surface area contributed by atoms with Crippen molar-refractivity contribution in [3.8, 4) is 0 Å². The van der Waals surface area contributed by atoms with Gasteiger partial charge in [0, 0.05) is 32.7 Å². The van der Waals surface area contributed by atoms with E-state index in [1.807, 2.05) is 46.4 Å². The number of aryl methyl sites for hydroxylation is 2. The summed E-state index contributed by atoms with van der Waals surface area (Å²) >= 11 is 1.28. The van der Waals surface area contributed by atoms with E-state index in [9.17, 15) is 14.4 Å². The zero-order chi connectivity index (χ0) is 23.8. The van der Waals surface area contributed by atoms with Crippen LogP contribution in [-0.2, 0) is 11.8 Å². The van der Waals surface area contributed by atoms with Crippen LogP contribution >= 0.6 is 11.3 Å². The van der Waals surface area contributed by atoms with E-state index in [0.717, 1.165) is 12.8 Å². The van der Waals surface area contributed by atoms with E-state index in [1.54, 1.807) is 11.9 Å². The van der Waals surface area contributed by atoms with Crippen molar-refractivity contribution in [2.45, 2.75) is 66.0 Å². The second-order valence-corrected chi connectivity index (χ2v) is 10.9. The molecule has 0 bridgehead atoms. The fourth-order valence-corrected chi connectivity index (χ4v) is 5.16. The zero-order valence-electron chi connectivity index (χ0n) is 20.1. The largest absolute Gasteiger partial charge is 0.444 e. The Morgan fingerprint density at radius 3 is 2.66 bits per heavy atom. The van der Waals surface area contributed by atoms with Gasteiger partial charge in [-0.15, -0.1) is 11.3 Å². The van der Waals surface area contributed by atoms with Gasteiger partial charge in [0.25, 0.3) is 11.5 Å². The summed E-state index contributed by atoms with van der Waals surface area (Å²) < 4.78 is 7.02. The first-order valence-corrected chi connectivity index (χ1v) is 11.9. The summed E-state index contributed by atoms with van der Waals surface area (Å²) in [5.41, 5.74) is 0.00964. The van der Waals surface area contributed by atoms with Crippen LogP contribution in [0.15, 0.2) is 11.1 Å². The van der Waals surface area contributed by atoms with E-state index in [1.165, 1.54) is 22.2 Å². The molecule has 0 spiro atoms. The third-order valence-corrected chi connectivity index (χ3v) is 6.91. The van der Waals surface area contributed by atoms with Crippen LogP contribution in [0.2, 0.25) is 0 Å².